The van der Waals surface area contributed by atoms with Crippen LogP contribution in [0.3, 0.4) is 0 Å². The highest BCUT2D eigenvalue weighted by molar-refractivity contribution is 7.89. The van der Waals surface area contributed by atoms with Crippen LogP contribution in [0, 0.1) is 0 Å². The number of rotatable bonds is 7. The summed E-state index contributed by atoms with van der Waals surface area (Å²) in [5, 5.41) is 2.77. The van der Waals surface area contributed by atoms with Gasteiger partial charge in [-0.25, -0.2) is 8.42 Å². The quantitative estimate of drug-likeness (QED) is 0.674. The summed E-state index contributed by atoms with van der Waals surface area (Å²) in [5.41, 5.74) is 0. The summed E-state index contributed by atoms with van der Waals surface area (Å²) < 4.78 is 25.3. The first-order valence-electron chi connectivity index (χ1n) is 6.95. The van der Waals surface area contributed by atoms with Crippen molar-refractivity contribution in [1.29, 1.82) is 0 Å². The Bertz CT molecular complexity index is 446. The molecule has 1 rings (SSSR count). The third-order valence-electron chi connectivity index (χ3n) is 3.30. The molecular weight excluding hydrogens is 278 g/mol. The predicted molar refractivity (Wildman–Crippen MR) is 79.9 cm³/mol. The van der Waals surface area contributed by atoms with Crippen molar-refractivity contribution in [2.24, 2.45) is 0 Å². The molecule has 0 spiro atoms. The molecule has 0 bridgehead atoms. The predicted octanol–water partition coefficient (Wildman–Crippen LogP) is 0.0345. The Balaban J connectivity index is 2.45. The highest BCUT2D eigenvalue weighted by Crippen LogP contribution is 2.20. The Hall–Kier alpha value is -0.920. The number of hydrogen-bond donors (Lipinski definition) is 1. The summed E-state index contributed by atoms with van der Waals surface area (Å²) in [4.78, 5) is 13.6. The molecule has 1 unspecified atom stereocenters. The second-order valence-electron chi connectivity index (χ2n) is 5.22. The topological polar surface area (TPSA) is 69.7 Å². The van der Waals surface area contributed by atoms with Gasteiger partial charge in [-0.2, -0.15) is 4.31 Å². The molecule has 1 heterocycles. The lowest BCUT2D eigenvalue weighted by Crippen LogP contribution is -2.43. The fourth-order valence-corrected chi connectivity index (χ4v) is 3.57. The van der Waals surface area contributed by atoms with Gasteiger partial charge in [0, 0.05) is 31.8 Å². The number of carbonyl (C=O) groups excluding carboxylic acids is 1. The summed E-state index contributed by atoms with van der Waals surface area (Å²) in [6.07, 6.45) is 4.94. The fourth-order valence-electron chi connectivity index (χ4n) is 2.19. The molecule has 1 N–H and O–H groups in total. The summed E-state index contributed by atoms with van der Waals surface area (Å²) in [6, 6.07) is -0.105. The summed E-state index contributed by atoms with van der Waals surface area (Å²) in [5.74, 6) is -0.0622. The van der Waals surface area contributed by atoms with E-state index in [0.717, 1.165) is 12.8 Å². The van der Waals surface area contributed by atoms with Gasteiger partial charge in [0.25, 0.3) is 0 Å². The van der Waals surface area contributed by atoms with Crippen LogP contribution in [-0.2, 0) is 14.8 Å². The van der Waals surface area contributed by atoms with E-state index in [1.165, 1.54) is 10.4 Å². The highest BCUT2D eigenvalue weighted by Gasteiger charge is 2.32. The molecule has 1 fully saturated rings. The third-order valence-corrected chi connectivity index (χ3v) is 5.22. The first-order valence-corrected chi connectivity index (χ1v) is 8.56. The van der Waals surface area contributed by atoms with Gasteiger partial charge < -0.3 is 10.2 Å². The van der Waals surface area contributed by atoms with E-state index in [2.05, 4.69) is 5.32 Å². The largest absolute Gasteiger partial charge is 0.351 e. The molecule has 0 aliphatic carbocycles. The molecule has 0 radical (unpaired) electrons. The van der Waals surface area contributed by atoms with Crippen LogP contribution in [0.1, 0.15) is 19.8 Å². The highest BCUT2D eigenvalue weighted by atomic mass is 32.2. The Labute approximate surface area is 121 Å². The van der Waals surface area contributed by atoms with Crippen LogP contribution in [0.15, 0.2) is 12.2 Å². The van der Waals surface area contributed by atoms with Crippen molar-refractivity contribution in [2.45, 2.75) is 25.8 Å². The Kier molecular flexibility index (Phi) is 6.64. The molecule has 1 aliphatic heterocycles. The van der Waals surface area contributed by atoms with Crippen molar-refractivity contribution in [3.05, 3.63) is 12.2 Å². The third kappa shape index (κ3) is 5.22. The second kappa shape index (κ2) is 7.75. The van der Waals surface area contributed by atoms with Crippen LogP contribution >= 0.6 is 0 Å². The lowest BCUT2D eigenvalue weighted by atomic mass is 10.2. The van der Waals surface area contributed by atoms with Crippen molar-refractivity contribution in [2.75, 3.05) is 39.5 Å². The monoisotopic (exact) mass is 303 g/mol. The number of likely N-dealkylation sites (N-methyl/N-ethyl adjacent to an activating group) is 1. The van der Waals surface area contributed by atoms with Gasteiger partial charge in [0.1, 0.15) is 0 Å². The van der Waals surface area contributed by atoms with Crippen LogP contribution in [0.4, 0.5) is 0 Å². The molecule has 0 aromatic heterocycles. The normalized spacial score (nSPS) is 20.9. The van der Waals surface area contributed by atoms with E-state index < -0.39 is 10.0 Å². The number of nitrogens with one attached hydrogen (secondary N) is 1. The fraction of sp³-hybridized carbons (Fsp3) is 0.769. The van der Waals surface area contributed by atoms with Crippen molar-refractivity contribution in [3.8, 4) is 0 Å². The lowest BCUT2D eigenvalue weighted by molar-refractivity contribution is -0.116. The number of sulfonamides is 1. The Morgan fingerprint density at radius 2 is 2.15 bits per heavy atom. The first kappa shape index (κ1) is 17.1. The maximum atomic E-state index is 11.9. The molecule has 1 aliphatic rings. The van der Waals surface area contributed by atoms with E-state index in [0.29, 0.717) is 19.6 Å². The number of amides is 1. The molecule has 1 amide bonds. The SMILES string of the molecule is CCS(=O)(=O)N1CCCC1CNC(=O)/C=C/CN(C)C. The van der Waals surface area contributed by atoms with E-state index in [4.69, 9.17) is 0 Å². The van der Waals surface area contributed by atoms with Crippen molar-refractivity contribution < 1.29 is 13.2 Å². The molecular formula is C13H25N3O3S. The van der Waals surface area contributed by atoms with Crippen molar-refractivity contribution in [1.82, 2.24) is 14.5 Å². The van der Waals surface area contributed by atoms with E-state index >= 15 is 0 Å². The van der Waals surface area contributed by atoms with Crippen LogP contribution in [-0.4, -0.2) is 69.1 Å². The number of hydrogen-bond acceptors (Lipinski definition) is 4. The van der Waals surface area contributed by atoms with E-state index in [-0.39, 0.29) is 17.7 Å². The zero-order valence-corrected chi connectivity index (χ0v) is 13.3. The lowest BCUT2D eigenvalue weighted by Gasteiger charge is -2.23. The van der Waals surface area contributed by atoms with Gasteiger partial charge in [-0.05, 0) is 33.9 Å². The zero-order valence-electron chi connectivity index (χ0n) is 12.5. The first-order chi connectivity index (χ1) is 9.36. The molecule has 0 aromatic rings. The molecule has 1 saturated heterocycles. The van der Waals surface area contributed by atoms with Gasteiger partial charge in [0.15, 0.2) is 0 Å². The van der Waals surface area contributed by atoms with Crippen LogP contribution in [0.25, 0.3) is 0 Å². The minimum atomic E-state index is -3.17. The molecule has 6 nitrogen and oxygen atoms in total. The molecule has 0 saturated carbocycles. The minimum Gasteiger partial charge on any atom is -0.351 e. The van der Waals surface area contributed by atoms with Gasteiger partial charge in [0.2, 0.25) is 15.9 Å². The van der Waals surface area contributed by atoms with Crippen LogP contribution in [0.2, 0.25) is 0 Å². The molecule has 116 valence electrons. The maximum absolute atomic E-state index is 11.9. The average molecular weight is 303 g/mol. The van der Waals surface area contributed by atoms with E-state index in [1.807, 2.05) is 19.0 Å². The Morgan fingerprint density at radius 1 is 1.45 bits per heavy atom. The Morgan fingerprint density at radius 3 is 2.75 bits per heavy atom. The van der Waals surface area contributed by atoms with Crippen molar-refractivity contribution >= 4 is 15.9 Å². The van der Waals surface area contributed by atoms with Gasteiger partial charge in [-0.15, -0.1) is 0 Å². The minimum absolute atomic E-state index is 0.105. The molecule has 20 heavy (non-hydrogen) atoms. The average Bonchev–Trinajstić information content (AvgIpc) is 2.85. The number of nitrogens with zero attached hydrogens (tertiary/aromatic N) is 2. The van der Waals surface area contributed by atoms with Gasteiger partial charge in [-0.1, -0.05) is 6.08 Å². The van der Waals surface area contributed by atoms with Gasteiger partial charge in [-0.3, -0.25) is 4.79 Å². The van der Waals surface area contributed by atoms with E-state index in [1.54, 1.807) is 13.0 Å². The second-order valence-corrected chi connectivity index (χ2v) is 7.43. The summed E-state index contributed by atoms with van der Waals surface area (Å²) in [6.45, 7) is 3.29. The smallest absolute Gasteiger partial charge is 0.243 e. The van der Waals surface area contributed by atoms with Crippen molar-refractivity contribution in [3.63, 3.8) is 0 Å². The standard InChI is InChI=1S/C13H25N3O3S/c1-4-20(18,19)16-10-5-7-12(16)11-14-13(17)8-6-9-15(2)3/h6,8,12H,4-5,7,9-11H2,1-3H3,(H,14,17)/b8-6+. The maximum Gasteiger partial charge on any atom is 0.243 e. The zero-order chi connectivity index (χ0) is 15.2. The molecule has 7 heteroatoms. The van der Waals surface area contributed by atoms with Gasteiger partial charge in [0.05, 0.1) is 5.75 Å². The summed E-state index contributed by atoms with van der Waals surface area (Å²) in [7, 11) is 0.684. The summed E-state index contributed by atoms with van der Waals surface area (Å²) >= 11 is 0. The number of carbonyl (C=O) groups is 1. The van der Waals surface area contributed by atoms with E-state index in [9.17, 15) is 13.2 Å². The van der Waals surface area contributed by atoms with Gasteiger partial charge >= 0.3 is 0 Å². The molecule has 1 atom stereocenters. The van der Waals surface area contributed by atoms with Crippen LogP contribution in [0.5, 0.6) is 0 Å². The molecule has 0 aromatic carbocycles. The van der Waals surface area contributed by atoms with Crippen LogP contribution < -0.4 is 5.32 Å².